The van der Waals surface area contributed by atoms with E-state index in [9.17, 15) is 9.59 Å². The number of nitrogens with one attached hydrogen (secondary N) is 1. The van der Waals surface area contributed by atoms with E-state index in [-0.39, 0.29) is 23.9 Å². The van der Waals surface area contributed by atoms with Crippen LogP contribution in [0.4, 0.5) is 0 Å². The van der Waals surface area contributed by atoms with Crippen LogP contribution in [0, 0.1) is 5.92 Å². The molecule has 1 aromatic rings. The first-order valence-corrected chi connectivity index (χ1v) is 10.4. The van der Waals surface area contributed by atoms with Gasteiger partial charge in [0.15, 0.2) is 0 Å². The third-order valence-electron chi connectivity index (χ3n) is 6.04. The molecule has 1 aliphatic heterocycles. The molecular formula is C22H32N2O3. The first kappa shape index (κ1) is 19.7. The van der Waals surface area contributed by atoms with Gasteiger partial charge in [-0.3, -0.25) is 9.59 Å². The summed E-state index contributed by atoms with van der Waals surface area (Å²) in [5, 5.41) is 3.07. The molecule has 0 aromatic heterocycles. The molecule has 3 rings (SSSR count). The fourth-order valence-corrected chi connectivity index (χ4v) is 4.65. The van der Waals surface area contributed by atoms with E-state index in [0.29, 0.717) is 23.8 Å². The summed E-state index contributed by atoms with van der Waals surface area (Å²) in [5.41, 5.74) is 0.551. The first-order chi connectivity index (χ1) is 13.2. The molecule has 3 atom stereocenters. The highest BCUT2D eigenvalue weighted by molar-refractivity contribution is 6.00. The van der Waals surface area contributed by atoms with Crippen LogP contribution in [0.3, 0.4) is 0 Å². The van der Waals surface area contributed by atoms with E-state index in [1.165, 1.54) is 6.42 Å². The van der Waals surface area contributed by atoms with Crippen LogP contribution >= 0.6 is 0 Å². The Morgan fingerprint density at radius 1 is 1.19 bits per heavy atom. The lowest BCUT2D eigenvalue weighted by atomic mass is 9.84. The molecule has 1 saturated heterocycles. The van der Waals surface area contributed by atoms with Gasteiger partial charge in [0.05, 0.1) is 12.7 Å². The van der Waals surface area contributed by atoms with Gasteiger partial charge in [-0.05, 0) is 43.7 Å². The third-order valence-corrected chi connectivity index (χ3v) is 6.04. The molecule has 1 aromatic carbocycles. The Morgan fingerprint density at radius 3 is 2.74 bits per heavy atom. The molecule has 5 heteroatoms. The SMILES string of the molecule is CCCCCNC(=O)C1CC2CCCCC2N1C(=O)c1ccccc1OC. The molecule has 2 aliphatic rings. The van der Waals surface area contributed by atoms with E-state index in [1.807, 2.05) is 23.1 Å². The van der Waals surface area contributed by atoms with Crippen molar-refractivity contribution in [3.8, 4) is 5.75 Å². The van der Waals surface area contributed by atoms with Crippen molar-refractivity contribution in [2.45, 2.75) is 70.4 Å². The van der Waals surface area contributed by atoms with Crippen molar-refractivity contribution in [2.24, 2.45) is 5.92 Å². The van der Waals surface area contributed by atoms with Gasteiger partial charge in [-0.25, -0.2) is 0 Å². The summed E-state index contributed by atoms with van der Waals surface area (Å²) in [6.07, 6.45) is 8.44. The zero-order valence-electron chi connectivity index (χ0n) is 16.6. The van der Waals surface area contributed by atoms with Gasteiger partial charge in [0.25, 0.3) is 5.91 Å². The van der Waals surface area contributed by atoms with Gasteiger partial charge in [-0.15, -0.1) is 0 Å². The molecule has 0 spiro atoms. The Balaban J connectivity index is 1.81. The lowest BCUT2D eigenvalue weighted by molar-refractivity contribution is -0.125. The van der Waals surface area contributed by atoms with Gasteiger partial charge < -0.3 is 15.0 Å². The summed E-state index contributed by atoms with van der Waals surface area (Å²) in [5.74, 6) is 0.937. The summed E-state index contributed by atoms with van der Waals surface area (Å²) in [7, 11) is 1.58. The van der Waals surface area contributed by atoms with Crippen molar-refractivity contribution in [3.63, 3.8) is 0 Å². The maximum Gasteiger partial charge on any atom is 0.258 e. The van der Waals surface area contributed by atoms with Crippen LogP contribution in [0.5, 0.6) is 5.75 Å². The average Bonchev–Trinajstić information content (AvgIpc) is 3.10. The van der Waals surface area contributed by atoms with Crippen molar-refractivity contribution in [1.29, 1.82) is 0 Å². The van der Waals surface area contributed by atoms with Crippen LogP contribution in [0.2, 0.25) is 0 Å². The molecule has 27 heavy (non-hydrogen) atoms. The van der Waals surface area contributed by atoms with E-state index in [0.717, 1.165) is 44.9 Å². The Hall–Kier alpha value is -2.04. The Kier molecular flexibility index (Phi) is 6.75. The van der Waals surface area contributed by atoms with Crippen molar-refractivity contribution >= 4 is 11.8 Å². The molecule has 148 valence electrons. The monoisotopic (exact) mass is 372 g/mol. The molecular weight excluding hydrogens is 340 g/mol. The normalized spacial score (nSPS) is 24.4. The summed E-state index contributed by atoms with van der Waals surface area (Å²) >= 11 is 0. The Bertz CT molecular complexity index is 661. The molecule has 1 saturated carbocycles. The number of likely N-dealkylation sites (tertiary alicyclic amines) is 1. The number of para-hydroxylation sites is 1. The molecule has 0 radical (unpaired) electrons. The van der Waals surface area contributed by atoms with Crippen molar-refractivity contribution in [1.82, 2.24) is 10.2 Å². The Morgan fingerprint density at radius 2 is 1.96 bits per heavy atom. The van der Waals surface area contributed by atoms with E-state index in [2.05, 4.69) is 12.2 Å². The minimum Gasteiger partial charge on any atom is -0.496 e. The van der Waals surface area contributed by atoms with Crippen molar-refractivity contribution in [2.75, 3.05) is 13.7 Å². The van der Waals surface area contributed by atoms with Gasteiger partial charge in [-0.1, -0.05) is 44.7 Å². The minimum atomic E-state index is -0.364. The van der Waals surface area contributed by atoms with Crippen LogP contribution in [-0.4, -0.2) is 42.5 Å². The van der Waals surface area contributed by atoms with Crippen LogP contribution in [0.1, 0.15) is 68.6 Å². The van der Waals surface area contributed by atoms with Crippen LogP contribution in [0.25, 0.3) is 0 Å². The summed E-state index contributed by atoms with van der Waals surface area (Å²) < 4.78 is 5.40. The minimum absolute atomic E-state index is 0.00347. The third kappa shape index (κ3) is 4.28. The molecule has 5 nitrogen and oxygen atoms in total. The van der Waals surface area contributed by atoms with Crippen molar-refractivity contribution < 1.29 is 14.3 Å². The second-order valence-electron chi connectivity index (χ2n) is 7.77. The van der Waals surface area contributed by atoms with Gasteiger partial charge >= 0.3 is 0 Å². The largest absolute Gasteiger partial charge is 0.496 e. The summed E-state index contributed by atoms with van der Waals surface area (Å²) in [6, 6.07) is 7.12. The summed E-state index contributed by atoms with van der Waals surface area (Å²) in [4.78, 5) is 28.2. The topological polar surface area (TPSA) is 58.6 Å². The molecule has 2 amide bonds. The van der Waals surface area contributed by atoms with Crippen molar-refractivity contribution in [3.05, 3.63) is 29.8 Å². The standard InChI is InChI=1S/C22H32N2O3/c1-3-4-9-14-23-21(25)19-15-16-10-5-7-12-18(16)24(19)22(26)17-11-6-8-13-20(17)27-2/h6,8,11,13,16,18-19H,3-5,7,9-10,12,14-15H2,1-2H3,(H,23,25). The molecule has 2 fully saturated rings. The number of carbonyl (C=O) groups excluding carboxylic acids is 2. The number of nitrogens with zero attached hydrogens (tertiary/aromatic N) is 1. The quantitative estimate of drug-likeness (QED) is 0.741. The van der Waals surface area contributed by atoms with Gasteiger partial charge in [0.1, 0.15) is 11.8 Å². The number of rotatable bonds is 7. The molecule has 1 aliphatic carbocycles. The number of benzene rings is 1. The summed E-state index contributed by atoms with van der Waals surface area (Å²) in [6.45, 7) is 2.84. The highest BCUT2D eigenvalue weighted by atomic mass is 16.5. The van der Waals surface area contributed by atoms with Crippen LogP contribution in [-0.2, 0) is 4.79 Å². The Labute approximate surface area is 162 Å². The molecule has 1 heterocycles. The lowest BCUT2D eigenvalue weighted by Gasteiger charge is -2.34. The second-order valence-corrected chi connectivity index (χ2v) is 7.77. The zero-order valence-corrected chi connectivity index (χ0v) is 16.6. The number of hydrogen-bond acceptors (Lipinski definition) is 3. The van der Waals surface area contributed by atoms with E-state index >= 15 is 0 Å². The number of carbonyl (C=O) groups is 2. The van der Waals surface area contributed by atoms with Gasteiger partial charge in [0.2, 0.25) is 5.91 Å². The van der Waals surface area contributed by atoms with Gasteiger partial charge in [0, 0.05) is 12.6 Å². The van der Waals surface area contributed by atoms with E-state index < -0.39 is 0 Å². The molecule has 1 N–H and O–H groups in total. The highest BCUT2D eigenvalue weighted by Gasteiger charge is 2.47. The second kappa shape index (κ2) is 9.25. The number of fused-ring (bicyclic) bond motifs is 1. The number of hydrogen-bond donors (Lipinski definition) is 1. The number of methoxy groups -OCH3 is 1. The zero-order chi connectivity index (χ0) is 19.2. The van der Waals surface area contributed by atoms with E-state index in [4.69, 9.17) is 4.74 Å². The lowest BCUT2D eigenvalue weighted by Crippen LogP contribution is -2.49. The number of amides is 2. The first-order valence-electron chi connectivity index (χ1n) is 10.4. The predicted molar refractivity (Wildman–Crippen MR) is 106 cm³/mol. The maximum absolute atomic E-state index is 13.4. The molecule has 0 bridgehead atoms. The van der Waals surface area contributed by atoms with Gasteiger partial charge in [-0.2, -0.15) is 0 Å². The fraction of sp³-hybridized carbons (Fsp3) is 0.636. The van der Waals surface area contributed by atoms with Crippen LogP contribution < -0.4 is 10.1 Å². The number of unbranched alkanes of at least 4 members (excludes halogenated alkanes) is 2. The number of ether oxygens (including phenoxy) is 1. The fourth-order valence-electron chi connectivity index (χ4n) is 4.65. The smallest absolute Gasteiger partial charge is 0.258 e. The average molecular weight is 373 g/mol. The molecule has 3 unspecified atom stereocenters. The predicted octanol–water partition coefficient (Wildman–Crippen LogP) is 3.77. The highest BCUT2D eigenvalue weighted by Crippen LogP contribution is 2.41. The van der Waals surface area contributed by atoms with E-state index in [1.54, 1.807) is 13.2 Å². The van der Waals surface area contributed by atoms with Crippen LogP contribution in [0.15, 0.2) is 24.3 Å². The maximum atomic E-state index is 13.4.